The summed E-state index contributed by atoms with van der Waals surface area (Å²) in [5.74, 6) is 2.47. The number of benzene rings is 1. The molecule has 0 aliphatic rings. The second-order valence-electron chi connectivity index (χ2n) is 5.04. The SMILES string of the molecule is COc1ccc(Nc2nc(N)n(-c3cccc(C)n3)n2)cc1OC. The van der Waals surface area contributed by atoms with Gasteiger partial charge in [-0.3, -0.25) is 0 Å². The van der Waals surface area contributed by atoms with Crippen molar-refractivity contribution in [2.24, 2.45) is 0 Å². The molecule has 0 atom stereocenters. The van der Waals surface area contributed by atoms with Gasteiger partial charge in [0.25, 0.3) is 0 Å². The Labute approximate surface area is 139 Å². The number of nitrogens with two attached hydrogens (primary N) is 1. The molecule has 2 heterocycles. The molecule has 3 rings (SSSR count). The van der Waals surface area contributed by atoms with E-state index in [-0.39, 0.29) is 5.95 Å². The molecule has 0 fully saturated rings. The molecule has 0 bridgehead atoms. The topological polar surface area (TPSA) is 100 Å². The third kappa shape index (κ3) is 3.07. The van der Waals surface area contributed by atoms with Gasteiger partial charge in [-0.2, -0.15) is 9.67 Å². The molecule has 0 unspecified atom stereocenters. The van der Waals surface area contributed by atoms with Crippen LogP contribution in [0.3, 0.4) is 0 Å². The van der Waals surface area contributed by atoms with Crippen LogP contribution in [0.15, 0.2) is 36.4 Å². The number of rotatable bonds is 5. The summed E-state index contributed by atoms with van der Waals surface area (Å²) in [6.45, 7) is 1.90. The number of hydrogen-bond acceptors (Lipinski definition) is 7. The molecule has 1 aromatic carbocycles. The van der Waals surface area contributed by atoms with Crippen molar-refractivity contribution in [1.82, 2.24) is 19.7 Å². The van der Waals surface area contributed by atoms with E-state index in [2.05, 4.69) is 20.4 Å². The van der Waals surface area contributed by atoms with Crippen LogP contribution >= 0.6 is 0 Å². The number of hydrogen-bond donors (Lipinski definition) is 2. The van der Waals surface area contributed by atoms with Gasteiger partial charge < -0.3 is 20.5 Å². The van der Waals surface area contributed by atoms with E-state index in [1.54, 1.807) is 26.4 Å². The summed E-state index contributed by atoms with van der Waals surface area (Å²) in [6, 6.07) is 11.0. The maximum absolute atomic E-state index is 5.94. The highest BCUT2D eigenvalue weighted by molar-refractivity contribution is 5.60. The van der Waals surface area contributed by atoms with Crippen LogP contribution in [-0.2, 0) is 0 Å². The molecule has 2 aromatic heterocycles. The Kier molecular flexibility index (Phi) is 4.19. The van der Waals surface area contributed by atoms with E-state index < -0.39 is 0 Å². The van der Waals surface area contributed by atoms with Gasteiger partial charge in [0, 0.05) is 17.4 Å². The first-order chi connectivity index (χ1) is 11.6. The fourth-order valence-corrected chi connectivity index (χ4v) is 2.24. The Balaban J connectivity index is 1.88. The molecule has 8 heteroatoms. The average Bonchev–Trinajstić information content (AvgIpc) is 2.95. The van der Waals surface area contributed by atoms with Gasteiger partial charge in [0.15, 0.2) is 17.3 Å². The molecule has 0 saturated heterocycles. The van der Waals surface area contributed by atoms with Crippen LogP contribution in [0.5, 0.6) is 11.5 Å². The van der Waals surface area contributed by atoms with E-state index in [4.69, 9.17) is 15.2 Å². The number of nitrogens with one attached hydrogen (secondary N) is 1. The molecule has 124 valence electrons. The van der Waals surface area contributed by atoms with Crippen LogP contribution in [0, 0.1) is 6.92 Å². The highest BCUT2D eigenvalue weighted by Crippen LogP contribution is 2.30. The molecule has 0 spiro atoms. The van der Waals surface area contributed by atoms with Crippen molar-refractivity contribution in [2.45, 2.75) is 6.92 Å². The summed E-state index contributed by atoms with van der Waals surface area (Å²) in [7, 11) is 3.17. The van der Waals surface area contributed by atoms with Crippen molar-refractivity contribution >= 4 is 17.6 Å². The van der Waals surface area contributed by atoms with Gasteiger partial charge >= 0.3 is 0 Å². The van der Waals surface area contributed by atoms with Crippen LogP contribution in [0.2, 0.25) is 0 Å². The zero-order valence-corrected chi connectivity index (χ0v) is 13.6. The maximum Gasteiger partial charge on any atom is 0.248 e. The molecule has 0 radical (unpaired) electrons. The van der Waals surface area contributed by atoms with Crippen molar-refractivity contribution in [2.75, 3.05) is 25.3 Å². The number of ether oxygens (including phenoxy) is 2. The first-order valence-corrected chi connectivity index (χ1v) is 7.26. The molecule has 0 amide bonds. The molecular weight excluding hydrogens is 308 g/mol. The highest BCUT2D eigenvalue weighted by Gasteiger charge is 2.11. The third-order valence-electron chi connectivity index (χ3n) is 3.36. The van der Waals surface area contributed by atoms with Crippen LogP contribution in [0.25, 0.3) is 5.82 Å². The zero-order chi connectivity index (χ0) is 17.1. The number of aromatic nitrogens is 4. The lowest BCUT2D eigenvalue weighted by Crippen LogP contribution is -2.05. The molecule has 3 aromatic rings. The number of aryl methyl sites for hydroxylation is 1. The normalized spacial score (nSPS) is 10.5. The van der Waals surface area contributed by atoms with E-state index in [0.29, 0.717) is 23.3 Å². The zero-order valence-electron chi connectivity index (χ0n) is 13.6. The number of nitrogen functional groups attached to an aromatic ring is 1. The monoisotopic (exact) mass is 326 g/mol. The van der Waals surface area contributed by atoms with Gasteiger partial charge in [-0.25, -0.2) is 4.98 Å². The molecule has 3 N–H and O–H groups in total. The Morgan fingerprint density at radius 1 is 1.04 bits per heavy atom. The second-order valence-corrected chi connectivity index (χ2v) is 5.04. The van der Waals surface area contributed by atoms with Crippen LogP contribution in [0.1, 0.15) is 5.69 Å². The number of pyridine rings is 1. The second kappa shape index (κ2) is 6.45. The largest absolute Gasteiger partial charge is 0.493 e. The Hall–Kier alpha value is -3.29. The smallest absolute Gasteiger partial charge is 0.248 e. The Bertz CT molecular complexity index is 862. The van der Waals surface area contributed by atoms with Gasteiger partial charge in [-0.15, -0.1) is 5.10 Å². The molecule has 24 heavy (non-hydrogen) atoms. The third-order valence-corrected chi connectivity index (χ3v) is 3.36. The summed E-state index contributed by atoms with van der Waals surface area (Å²) >= 11 is 0. The summed E-state index contributed by atoms with van der Waals surface area (Å²) < 4.78 is 12.0. The lowest BCUT2D eigenvalue weighted by molar-refractivity contribution is 0.355. The van der Waals surface area contributed by atoms with Crippen molar-refractivity contribution in [3.63, 3.8) is 0 Å². The van der Waals surface area contributed by atoms with Gasteiger partial charge in [-0.05, 0) is 31.2 Å². The van der Waals surface area contributed by atoms with Crippen molar-refractivity contribution in [3.05, 3.63) is 42.1 Å². The fraction of sp³-hybridized carbons (Fsp3) is 0.188. The summed E-state index contributed by atoms with van der Waals surface area (Å²) in [5, 5.41) is 7.44. The van der Waals surface area contributed by atoms with Gasteiger partial charge in [0.1, 0.15) is 0 Å². The molecule has 0 saturated carbocycles. The Morgan fingerprint density at radius 2 is 1.83 bits per heavy atom. The predicted octanol–water partition coefficient (Wildman–Crippen LogP) is 2.31. The Morgan fingerprint density at radius 3 is 2.54 bits per heavy atom. The summed E-state index contributed by atoms with van der Waals surface area (Å²) in [4.78, 5) is 8.61. The lowest BCUT2D eigenvalue weighted by atomic mass is 10.3. The molecule has 0 aliphatic carbocycles. The minimum Gasteiger partial charge on any atom is -0.493 e. The number of methoxy groups -OCH3 is 2. The van der Waals surface area contributed by atoms with E-state index in [1.165, 1.54) is 4.68 Å². The van der Waals surface area contributed by atoms with E-state index in [0.717, 1.165) is 11.4 Å². The first-order valence-electron chi connectivity index (χ1n) is 7.26. The van der Waals surface area contributed by atoms with E-state index >= 15 is 0 Å². The van der Waals surface area contributed by atoms with E-state index in [1.807, 2.05) is 31.2 Å². The lowest BCUT2D eigenvalue weighted by Gasteiger charge is -2.09. The van der Waals surface area contributed by atoms with Gasteiger partial charge in [-0.1, -0.05) is 6.07 Å². The minimum absolute atomic E-state index is 0.246. The average molecular weight is 326 g/mol. The quantitative estimate of drug-likeness (QED) is 0.742. The van der Waals surface area contributed by atoms with Crippen molar-refractivity contribution in [3.8, 4) is 17.3 Å². The van der Waals surface area contributed by atoms with Gasteiger partial charge in [0.2, 0.25) is 11.9 Å². The summed E-state index contributed by atoms with van der Waals surface area (Å²) in [6.07, 6.45) is 0. The van der Waals surface area contributed by atoms with E-state index in [9.17, 15) is 0 Å². The van der Waals surface area contributed by atoms with Crippen LogP contribution in [0.4, 0.5) is 17.6 Å². The maximum atomic E-state index is 5.94. The number of nitrogens with zero attached hydrogens (tertiary/aromatic N) is 4. The molecular formula is C16H18N6O2. The van der Waals surface area contributed by atoms with Gasteiger partial charge in [0.05, 0.1) is 14.2 Å². The highest BCUT2D eigenvalue weighted by atomic mass is 16.5. The molecule has 8 nitrogen and oxygen atoms in total. The summed E-state index contributed by atoms with van der Waals surface area (Å²) in [5.41, 5.74) is 7.57. The first kappa shape index (κ1) is 15.6. The predicted molar refractivity (Wildman–Crippen MR) is 91.1 cm³/mol. The van der Waals surface area contributed by atoms with Crippen LogP contribution in [-0.4, -0.2) is 34.0 Å². The molecule has 0 aliphatic heterocycles. The number of anilines is 3. The van der Waals surface area contributed by atoms with Crippen molar-refractivity contribution < 1.29 is 9.47 Å². The van der Waals surface area contributed by atoms with Crippen LogP contribution < -0.4 is 20.5 Å². The van der Waals surface area contributed by atoms with Crippen molar-refractivity contribution in [1.29, 1.82) is 0 Å². The standard InChI is InChI=1S/C16H18N6O2/c1-10-5-4-6-14(18-10)22-15(17)20-16(21-22)19-11-7-8-12(23-2)13(9-11)24-3/h4-9H,1-3H3,(H3,17,19,20,21). The minimum atomic E-state index is 0.246. The fourth-order valence-electron chi connectivity index (χ4n) is 2.24.